The Hall–Kier alpha value is -1.84. The molecule has 0 radical (unpaired) electrons. The lowest BCUT2D eigenvalue weighted by Crippen LogP contribution is -2.49. The van der Waals surface area contributed by atoms with Gasteiger partial charge in [0.1, 0.15) is 13.2 Å². The number of hydrogen-bond donors (Lipinski definition) is 2. The van der Waals surface area contributed by atoms with Gasteiger partial charge >= 0.3 is 0 Å². The molecular formula is C17H25N3O5S. The number of carbonyl (C=O) groups is 1. The van der Waals surface area contributed by atoms with Gasteiger partial charge in [-0.25, -0.2) is 8.42 Å². The Labute approximate surface area is 153 Å². The Morgan fingerprint density at radius 3 is 2.77 bits per heavy atom. The zero-order valence-electron chi connectivity index (χ0n) is 14.6. The topological polar surface area (TPSA) is 111 Å². The van der Waals surface area contributed by atoms with E-state index in [0.29, 0.717) is 44.2 Å². The quantitative estimate of drug-likeness (QED) is 0.739. The molecule has 0 saturated carbocycles. The first kappa shape index (κ1) is 18.9. The maximum atomic E-state index is 13.2. The highest BCUT2D eigenvalue weighted by Crippen LogP contribution is 2.34. The van der Waals surface area contributed by atoms with Gasteiger partial charge in [-0.2, -0.15) is 4.31 Å². The molecule has 2 aliphatic rings. The van der Waals surface area contributed by atoms with Crippen LogP contribution in [0.4, 0.5) is 0 Å². The number of fused-ring (bicyclic) bond motifs is 1. The van der Waals surface area contributed by atoms with Crippen molar-refractivity contribution < 1.29 is 22.7 Å². The van der Waals surface area contributed by atoms with E-state index >= 15 is 0 Å². The van der Waals surface area contributed by atoms with E-state index in [-0.39, 0.29) is 29.8 Å². The number of sulfonamides is 1. The minimum Gasteiger partial charge on any atom is -0.486 e. The minimum absolute atomic E-state index is 0.158. The lowest BCUT2D eigenvalue weighted by atomic mass is 10.1. The van der Waals surface area contributed by atoms with Gasteiger partial charge in [0, 0.05) is 38.2 Å². The maximum Gasteiger partial charge on any atom is 0.243 e. The van der Waals surface area contributed by atoms with E-state index in [4.69, 9.17) is 15.2 Å². The number of nitrogens with two attached hydrogens (primary N) is 1. The molecule has 9 heteroatoms. The molecule has 26 heavy (non-hydrogen) atoms. The molecule has 3 N–H and O–H groups in total. The summed E-state index contributed by atoms with van der Waals surface area (Å²) < 4.78 is 38.7. The fourth-order valence-electron chi connectivity index (χ4n) is 3.27. The highest BCUT2D eigenvalue weighted by molar-refractivity contribution is 7.89. The van der Waals surface area contributed by atoms with Crippen molar-refractivity contribution >= 4 is 15.9 Å². The maximum absolute atomic E-state index is 13.2. The zero-order valence-corrected chi connectivity index (χ0v) is 15.5. The monoisotopic (exact) mass is 383 g/mol. The average molecular weight is 383 g/mol. The predicted molar refractivity (Wildman–Crippen MR) is 95.6 cm³/mol. The third-order valence-electron chi connectivity index (χ3n) is 4.60. The van der Waals surface area contributed by atoms with E-state index in [1.54, 1.807) is 12.1 Å². The minimum atomic E-state index is -3.68. The van der Waals surface area contributed by atoms with Crippen molar-refractivity contribution in [1.82, 2.24) is 9.62 Å². The van der Waals surface area contributed by atoms with Crippen molar-refractivity contribution in [3.63, 3.8) is 0 Å². The van der Waals surface area contributed by atoms with Crippen LogP contribution in [0.25, 0.3) is 0 Å². The van der Waals surface area contributed by atoms with Crippen molar-refractivity contribution in [1.29, 1.82) is 0 Å². The Kier molecular flexibility index (Phi) is 6.00. The Morgan fingerprint density at radius 2 is 2.00 bits per heavy atom. The molecule has 2 heterocycles. The van der Waals surface area contributed by atoms with Crippen molar-refractivity contribution in [2.24, 2.45) is 5.73 Å². The second-order valence-electron chi connectivity index (χ2n) is 6.41. The molecule has 1 aromatic rings. The summed E-state index contributed by atoms with van der Waals surface area (Å²) in [5, 5.41) is 2.79. The highest BCUT2D eigenvalue weighted by Gasteiger charge is 2.34. The summed E-state index contributed by atoms with van der Waals surface area (Å²) in [4.78, 5) is 11.9. The number of carbonyl (C=O) groups excluding carboxylic acids is 1. The summed E-state index contributed by atoms with van der Waals surface area (Å²) in [5.74, 6) is 0.844. The Morgan fingerprint density at radius 1 is 1.23 bits per heavy atom. The lowest BCUT2D eigenvalue weighted by molar-refractivity contribution is -0.121. The van der Waals surface area contributed by atoms with Gasteiger partial charge in [-0.05, 0) is 25.0 Å². The molecule has 144 valence electrons. The molecule has 1 unspecified atom stereocenters. The van der Waals surface area contributed by atoms with Gasteiger partial charge in [-0.3, -0.25) is 4.79 Å². The van der Waals surface area contributed by atoms with Crippen LogP contribution >= 0.6 is 0 Å². The number of hydrogen-bond acceptors (Lipinski definition) is 6. The molecule has 1 saturated heterocycles. The van der Waals surface area contributed by atoms with Crippen LogP contribution in [-0.4, -0.2) is 57.5 Å². The molecular weight excluding hydrogens is 358 g/mol. The van der Waals surface area contributed by atoms with Gasteiger partial charge in [0.25, 0.3) is 0 Å². The van der Waals surface area contributed by atoms with E-state index in [9.17, 15) is 13.2 Å². The largest absolute Gasteiger partial charge is 0.486 e. The summed E-state index contributed by atoms with van der Waals surface area (Å²) >= 11 is 0. The molecule has 0 bridgehead atoms. The first-order valence-corrected chi connectivity index (χ1v) is 10.3. The van der Waals surface area contributed by atoms with Crippen LogP contribution in [0.2, 0.25) is 0 Å². The lowest BCUT2D eigenvalue weighted by Gasteiger charge is -2.35. The molecule has 2 aliphatic heterocycles. The molecule has 1 amide bonds. The van der Waals surface area contributed by atoms with Crippen LogP contribution in [0.5, 0.6) is 11.5 Å². The summed E-state index contributed by atoms with van der Waals surface area (Å²) in [7, 11) is -3.68. The number of amides is 1. The standard InChI is InChI=1S/C17H25N3O5S/c18-7-6-17(21)19-12-13-3-1-2-8-20(13)26(22,23)14-4-5-15-16(11-14)25-10-9-24-15/h4-5,11,13H,1-3,6-10,12,18H2,(H,19,21). The fraction of sp³-hybridized carbons (Fsp3) is 0.588. The van der Waals surface area contributed by atoms with Crippen LogP contribution in [0, 0.1) is 0 Å². The first-order valence-electron chi connectivity index (χ1n) is 8.90. The number of benzene rings is 1. The number of piperidine rings is 1. The highest BCUT2D eigenvalue weighted by atomic mass is 32.2. The number of nitrogens with zero attached hydrogens (tertiary/aromatic N) is 1. The van der Waals surface area contributed by atoms with Crippen LogP contribution in [0.3, 0.4) is 0 Å². The van der Waals surface area contributed by atoms with Crippen molar-refractivity contribution in [3.05, 3.63) is 18.2 Å². The van der Waals surface area contributed by atoms with E-state index in [1.807, 2.05) is 0 Å². The normalized spacial score (nSPS) is 20.6. The van der Waals surface area contributed by atoms with Crippen molar-refractivity contribution in [2.45, 2.75) is 36.6 Å². The SMILES string of the molecule is NCCC(=O)NCC1CCCCN1S(=O)(=O)c1ccc2c(c1)OCCO2. The van der Waals surface area contributed by atoms with E-state index in [1.165, 1.54) is 10.4 Å². The number of rotatable bonds is 6. The van der Waals surface area contributed by atoms with Gasteiger partial charge in [-0.1, -0.05) is 6.42 Å². The zero-order chi connectivity index (χ0) is 18.6. The number of ether oxygens (including phenoxy) is 2. The number of nitrogens with one attached hydrogen (secondary N) is 1. The second-order valence-corrected chi connectivity index (χ2v) is 8.30. The van der Waals surface area contributed by atoms with E-state index < -0.39 is 10.0 Å². The van der Waals surface area contributed by atoms with Crippen LogP contribution in [0.15, 0.2) is 23.1 Å². The fourth-order valence-corrected chi connectivity index (χ4v) is 4.97. The summed E-state index contributed by atoms with van der Waals surface area (Å²) in [5.41, 5.74) is 5.38. The molecule has 0 aliphatic carbocycles. The van der Waals surface area contributed by atoms with Crippen LogP contribution < -0.4 is 20.5 Å². The van der Waals surface area contributed by atoms with Gasteiger partial charge in [0.15, 0.2) is 11.5 Å². The predicted octanol–water partition coefficient (Wildman–Crippen LogP) is 0.466. The van der Waals surface area contributed by atoms with E-state index in [2.05, 4.69) is 5.32 Å². The molecule has 1 aromatic carbocycles. The molecule has 1 fully saturated rings. The summed E-state index contributed by atoms with van der Waals surface area (Å²) in [6, 6.07) is 4.43. The summed E-state index contributed by atoms with van der Waals surface area (Å²) in [6.07, 6.45) is 2.69. The first-order chi connectivity index (χ1) is 12.5. The van der Waals surface area contributed by atoms with Crippen LogP contribution in [-0.2, 0) is 14.8 Å². The molecule has 1 atom stereocenters. The summed E-state index contributed by atoms with van der Waals surface area (Å²) in [6.45, 7) is 1.86. The molecule has 8 nitrogen and oxygen atoms in total. The molecule has 0 spiro atoms. The molecule has 0 aromatic heterocycles. The molecule has 3 rings (SSSR count). The van der Waals surface area contributed by atoms with Gasteiger partial charge in [-0.15, -0.1) is 0 Å². The third kappa shape index (κ3) is 4.11. The Bertz CT molecular complexity index is 753. The van der Waals surface area contributed by atoms with Crippen molar-refractivity contribution in [2.75, 3.05) is 32.8 Å². The van der Waals surface area contributed by atoms with E-state index in [0.717, 1.165) is 12.8 Å². The van der Waals surface area contributed by atoms with Crippen molar-refractivity contribution in [3.8, 4) is 11.5 Å². The third-order valence-corrected chi connectivity index (χ3v) is 6.55. The van der Waals surface area contributed by atoms with Gasteiger partial charge < -0.3 is 20.5 Å². The smallest absolute Gasteiger partial charge is 0.243 e. The Balaban J connectivity index is 1.78. The average Bonchev–Trinajstić information content (AvgIpc) is 2.66. The van der Waals surface area contributed by atoms with Gasteiger partial charge in [0.2, 0.25) is 15.9 Å². The van der Waals surface area contributed by atoms with Gasteiger partial charge in [0.05, 0.1) is 4.90 Å². The second kappa shape index (κ2) is 8.24. The van der Waals surface area contributed by atoms with Crippen LogP contribution in [0.1, 0.15) is 25.7 Å².